The van der Waals surface area contributed by atoms with Crippen molar-refractivity contribution in [1.29, 1.82) is 0 Å². The lowest BCUT2D eigenvalue weighted by Crippen LogP contribution is -2.44. The molecule has 2 amide bonds. The van der Waals surface area contributed by atoms with E-state index in [1.54, 1.807) is 0 Å². The smallest absolute Gasteiger partial charge is 0.317 e. The van der Waals surface area contributed by atoms with Crippen LogP contribution in [0.1, 0.15) is 36.3 Å². The number of halogens is 1. The van der Waals surface area contributed by atoms with Gasteiger partial charge in [-0.3, -0.25) is 4.90 Å². The van der Waals surface area contributed by atoms with E-state index in [1.165, 1.54) is 18.4 Å². The van der Waals surface area contributed by atoms with Gasteiger partial charge in [-0.2, -0.15) is 0 Å². The molecule has 0 aromatic heterocycles. The minimum Gasteiger partial charge on any atom is -0.334 e. The molecule has 2 fully saturated rings. The number of urea groups is 1. The van der Waals surface area contributed by atoms with E-state index < -0.39 is 0 Å². The highest BCUT2D eigenvalue weighted by atomic mass is 35.5. The average molecular weight is 398 g/mol. The van der Waals surface area contributed by atoms with E-state index in [4.69, 9.17) is 11.6 Å². The first kappa shape index (κ1) is 19.3. The quantitative estimate of drug-likeness (QED) is 0.824. The molecular formula is C23H28ClN3O. The molecule has 28 heavy (non-hydrogen) atoms. The van der Waals surface area contributed by atoms with Crippen LogP contribution in [0.5, 0.6) is 0 Å². The fourth-order valence-electron chi connectivity index (χ4n) is 4.47. The van der Waals surface area contributed by atoms with Crippen molar-refractivity contribution >= 4 is 17.6 Å². The lowest BCUT2D eigenvalue weighted by molar-refractivity contribution is 0.151. The largest absolute Gasteiger partial charge is 0.334 e. The number of nitrogens with zero attached hydrogens (tertiary/aromatic N) is 2. The minimum absolute atomic E-state index is 0.0154. The van der Waals surface area contributed by atoms with E-state index in [9.17, 15) is 4.79 Å². The van der Waals surface area contributed by atoms with Gasteiger partial charge in [-0.05, 0) is 55.5 Å². The molecule has 5 heteroatoms. The number of carbonyl (C=O) groups excluding carboxylic acids is 1. The summed E-state index contributed by atoms with van der Waals surface area (Å²) in [6, 6.07) is 19.0. The molecule has 4 rings (SSSR count). The molecule has 1 unspecified atom stereocenters. The van der Waals surface area contributed by atoms with Gasteiger partial charge in [-0.1, -0.05) is 60.1 Å². The van der Waals surface area contributed by atoms with Crippen LogP contribution in [0.2, 0.25) is 5.02 Å². The molecule has 0 saturated carbocycles. The van der Waals surface area contributed by atoms with Gasteiger partial charge in [0, 0.05) is 30.7 Å². The van der Waals surface area contributed by atoms with Crippen LogP contribution < -0.4 is 5.32 Å². The van der Waals surface area contributed by atoms with E-state index in [2.05, 4.69) is 40.5 Å². The summed E-state index contributed by atoms with van der Waals surface area (Å²) in [4.78, 5) is 17.1. The maximum absolute atomic E-state index is 12.5. The maximum atomic E-state index is 12.5. The van der Waals surface area contributed by atoms with E-state index in [0.29, 0.717) is 23.5 Å². The van der Waals surface area contributed by atoms with E-state index in [-0.39, 0.29) is 6.03 Å². The van der Waals surface area contributed by atoms with Crippen molar-refractivity contribution in [2.24, 2.45) is 0 Å². The Bertz CT molecular complexity index is 789. The molecule has 2 aliphatic heterocycles. The third-order valence-corrected chi connectivity index (χ3v) is 6.52. The Morgan fingerprint density at radius 1 is 0.964 bits per heavy atom. The van der Waals surface area contributed by atoms with Crippen LogP contribution >= 0.6 is 11.6 Å². The summed E-state index contributed by atoms with van der Waals surface area (Å²) in [6.07, 6.45) is 3.48. The van der Waals surface area contributed by atoms with E-state index in [0.717, 1.165) is 38.2 Å². The summed E-state index contributed by atoms with van der Waals surface area (Å²) in [5.41, 5.74) is 2.42. The second-order valence-corrected chi connectivity index (χ2v) is 8.27. The minimum atomic E-state index is 0.0154. The summed E-state index contributed by atoms with van der Waals surface area (Å²) in [5, 5.41) is 3.72. The zero-order valence-electron chi connectivity index (χ0n) is 16.2. The molecule has 0 radical (unpaired) electrons. The number of rotatable bonds is 4. The fourth-order valence-corrected chi connectivity index (χ4v) is 4.67. The molecule has 2 saturated heterocycles. The van der Waals surface area contributed by atoms with Crippen LogP contribution in [0.3, 0.4) is 0 Å². The van der Waals surface area contributed by atoms with Crippen molar-refractivity contribution in [3.8, 4) is 0 Å². The van der Waals surface area contributed by atoms with Gasteiger partial charge in [-0.25, -0.2) is 4.79 Å². The van der Waals surface area contributed by atoms with Crippen LogP contribution in [-0.2, 0) is 6.54 Å². The second kappa shape index (κ2) is 8.97. The third kappa shape index (κ3) is 4.50. The van der Waals surface area contributed by atoms with Gasteiger partial charge < -0.3 is 10.2 Å². The van der Waals surface area contributed by atoms with Gasteiger partial charge in [0.1, 0.15) is 0 Å². The summed E-state index contributed by atoms with van der Waals surface area (Å²) in [6.45, 7) is 4.38. The van der Waals surface area contributed by atoms with Gasteiger partial charge in [0.05, 0.1) is 0 Å². The molecule has 1 N–H and O–H groups in total. The third-order valence-electron chi connectivity index (χ3n) is 6.16. The number of piperidine rings is 1. The highest BCUT2D eigenvalue weighted by Crippen LogP contribution is 2.30. The van der Waals surface area contributed by atoms with Gasteiger partial charge in [-0.15, -0.1) is 0 Å². The first-order valence-corrected chi connectivity index (χ1v) is 10.6. The van der Waals surface area contributed by atoms with E-state index in [1.807, 2.05) is 29.2 Å². The van der Waals surface area contributed by atoms with Crippen molar-refractivity contribution in [1.82, 2.24) is 15.1 Å². The molecule has 2 aromatic carbocycles. The Hall–Kier alpha value is -2.04. The van der Waals surface area contributed by atoms with Crippen molar-refractivity contribution in [3.05, 3.63) is 70.7 Å². The molecule has 0 spiro atoms. The van der Waals surface area contributed by atoms with Crippen LogP contribution in [0.15, 0.2) is 54.6 Å². The predicted molar refractivity (Wildman–Crippen MR) is 114 cm³/mol. The lowest BCUT2D eigenvalue weighted by Gasteiger charge is -2.36. The zero-order valence-corrected chi connectivity index (χ0v) is 16.9. The average Bonchev–Trinajstić information content (AvgIpc) is 3.24. The number of benzene rings is 2. The Kier molecular flexibility index (Phi) is 6.18. The first-order chi connectivity index (χ1) is 13.7. The molecule has 2 aromatic rings. The summed E-state index contributed by atoms with van der Waals surface area (Å²) in [5.74, 6) is 0.675. The van der Waals surface area contributed by atoms with Crippen LogP contribution in [0, 0.1) is 0 Å². The first-order valence-electron chi connectivity index (χ1n) is 10.3. The molecule has 2 heterocycles. The Labute approximate surface area is 172 Å². The lowest BCUT2D eigenvalue weighted by atomic mass is 9.89. The highest BCUT2D eigenvalue weighted by Gasteiger charge is 2.32. The SMILES string of the molecule is O=C(NCc1ccccc1Cl)N1CCC(N2CCC(c3ccccc3)CC2)C1. The summed E-state index contributed by atoms with van der Waals surface area (Å²) < 4.78 is 0. The molecule has 148 valence electrons. The van der Waals surface area contributed by atoms with Crippen LogP contribution in [0.25, 0.3) is 0 Å². The Morgan fingerprint density at radius 3 is 2.43 bits per heavy atom. The standard InChI is InChI=1S/C23H28ClN3O/c24-22-9-5-4-8-20(22)16-25-23(28)27-15-12-21(17-27)26-13-10-19(11-14-26)18-6-2-1-3-7-18/h1-9,19,21H,10-17H2,(H,25,28). The molecule has 2 aliphatic rings. The highest BCUT2D eigenvalue weighted by molar-refractivity contribution is 6.31. The molecule has 1 atom stereocenters. The predicted octanol–water partition coefficient (Wildman–Crippen LogP) is 4.50. The van der Waals surface area contributed by atoms with Gasteiger partial charge in [0.25, 0.3) is 0 Å². The van der Waals surface area contributed by atoms with Crippen molar-refractivity contribution in [2.75, 3.05) is 26.2 Å². The number of hydrogen-bond acceptors (Lipinski definition) is 2. The number of amides is 2. The zero-order chi connectivity index (χ0) is 19.3. The van der Waals surface area contributed by atoms with Gasteiger partial charge in [0.15, 0.2) is 0 Å². The molecular weight excluding hydrogens is 370 g/mol. The molecule has 0 aliphatic carbocycles. The number of nitrogens with one attached hydrogen (secondary N) is 1. The van der Waals surface area contributed by atoms with Crippen molar-refractivity contribution in [3.63, 3.8) is 0 Å². The monoisotopic (exact) mass is 397 g/mol. The topological polar surface area (TPSA) is 35.6 Å². The Balaban J connectivity index is 1.24. The van der Waals surface area contributed by atoms with Crippen molar-refractivity contribution < 1.29 is 4.79 Å². The summed E-state index contributed by atoms with van der Waals surface area (Å²) in [7, 11) is 0. The maximum Gasteiger partial charge on any atom is 0.317 e. The Morgan fingerprint density at radius 2 is 1.68 bits per heavy atom. The van der Waals surface area contributed by atoms with Crippen LogP contribution in [-0.4, -0.2) is 48.1 Å². The van der Waals surface area contributed by atoms with Gasteiger partial charge in [0.2, 0.25) is 0 Å². The fraction of sp³-hybridized carbons (Fsp3) is 0.435. The number of hydrogen-bond donors (Lipinski definition) is 1. The van der Waals surface area contributed by atoms with Crippen molar-refractivity contribution in [2.45, 2.75) is 37.8 Å². The second-order valence-electron chi connectivity index (χ2n) is 7.86. The van der Waals surface area contributed by atoms with Crippen LogP contribution in [0.4, 0.5) is 4.79 Å². The number of likely N-dealkylation sites (tertiary alicyclic amines) is 2. The van der Waals surface area contributed by atoms with E-state index >= 15 is 0 Å². The number of carbonyl (C=O) groups is 1. The summed E-state index contributed by atoms with van der Waals surface area (Å²) >= 11 is 6.18. The molecule has 4 nitrogen and oxygen atoms in total. The normalized spacial score (nSPS) is 21.0. The molecule has 0 bridgehead atoms. The van der Waals surface area contributed by atoms with Gasteiger partial charge >= 0.3 is 6.03 Å².